The van der Waals surface area contributed by atoms with Crippen LogP contribution in [-0.4, -0.2) is 22.3 Å². The number of nitrogens with zero attached hydrogens (tertiary/aromatic N) is 1. The number of amides is 2. The van der Waals surface area contributed by atoms with E-state index in [1.54, 1.807) is 36.4 Å². The van der Waals surface area contributed by atoms with Gasteiger partial charge < -0.3 is 20.3 Å². The van der Waals surface area contributed by atoms with Crippen molar-refractivity contribution in [2.24, 2.45) is 0 Å². The zero-order chi connectivity index (χ0) is 14.4. The number of aromatic nitrogens is 1. The van der Waals surface area contributed by atoms with Crippen LogP contribution in [0.15, 0.2) is 47.2 Å². The second-order valence-corrected chi connectivity index (χ2v) is 4.00. The number of rotatable bonds is 5. The van der Waals surface area contributed by atoms with E-state index in [1.807, 2.05) is 0 Å². The largest absolute Gasteiger partial charge is 0.479 e. The van der Waals surface area contributed by atoms with E-state index < -0.39 is 18.0 Å². The number of urea groups is 1. The monoisotopic (exact) mass is 275 g/mol. The molecule has 1 aromatic heterocycles. The Morgan fingerprint density at radius 3 is 2.60 bits per heavy atom. The fraction of sp³-hybridized carbons (Fsp3) is 0.154. The summed E-state index contributed by atoms with van der Waals surface area (Å²) >= 11 is 0. The van der Waals surface area contributed by atoms with Gasteiger partial charge >= 0.3 is 12.0 Å². The minimum atomic E-state index is -1.13. The Hall–Kier alpha value is -2.83. The third-order valence-corrected chi connectivity index (χ3v) is 2.58. The van der Waals surface area contributed by atoms with E-state index >= 15 is 0 Å². The van der Waals surface area contributed by atoms with Crippen LogP contribution in [0.2, 0.25) is 0 Å². The van der Waals surface area contributed by atoms with E-state index in [2.05, 4.69) is 20.3 Å². The van der Waals surface area contributed by atoms with Gasteiger partial charge in [0.25, 0.3) is 0 Å². The molecule has 20 heavy (non-hydrogen) atoms. The van der Waals surface area contributed by atoms with Crippen molar-refractivity contribution >= 4 is 12.0 Å². The van der Waals surface area contributed by atoms with Gasteiger partial charge in [-0.2, -0.15) is 0 Å². The van der Waals surface area contributed by atoms with E-state index in [9.17, 15) is 9.59 Å². The average molecular weight is 275 g/mol. The first-order valence-electron chi connectivity index (χ1n) is 5.88. The third-order valence-electron chi connectivity index (χ3n) is 2.58. The van der Waals surface area contributed by atoms with Gasteiger partial charge in [-0.15, -0.1) is 0 Å². The Morgan fingerprint density at radius 1 is 1.25 bits per heavy atom. The molecule has 0 saturated heterocycles. The molecule has 0 saturated carbocycles. The molecule has 0 radical (unpaired) electrons. The van der Waals surface area contributed by atoms with Gasteiger partial charge in [0.2, 0.25) is 0 Å². The summed E-state index contributed by atoms with van der Waals surface area (Å²) < 4.78 is 4.62. The minimum absolute atomic E-state index is 0.156. The Morgan fingerprint density at radius 2 is 2.00 bits per heavy atom. The first-order valence-corrected chi connectivity index (χ1v) is 5.88. The number of hydrogen-bond donors (Lipinski definition) is 3. The maximum absolute atomic E-state index is 11.7. The molecule has 7 nitrogen and oxygen atoms in total. The van der Waals surface area contributed by atoms with Gasteiger partial charge in [0.1, 0.15) is 12.0 Å². The maximum Gasteiger partial charge on any atom is 0.330 e. The van der Waals surface area contributed by atoms with E-state index in [1.165, 1.54) is 6.26 Å². The van der Waals surface area contributed by atoms with Crippen molar-refractivity contribution in [2.45, 2.75) is 12.6 Å². The topological polar surface area (TPSA) is 104 Å². The van der Waals surface area contributed by atoms with Crippen molar-refractivity contribution in [1.29, 1.82) is 0 Å². The highest BCUT2D eigenvalue weighted by atomic mass is 16.5. The highest BCUT2D eigenvalue weighted by molar-refractivity contribution is 5.83. The molecule has 0 bridgehead atoms. The maximum atomic E-state index is 11.7. The molecule has 7 heteroatoms. The molecule has 2 amide bonds. The predicted molar refractivity (Wildman–Crippen MR) is 68.7 cm³/mol. The Bertz CT molecular complexity index is 569. The van der Waals surface area contributed by atoms with Crippen LogP contribution in [0.3, 0.4) is 0 Å². The number of carboxylic acid groups (broad SMARTS) is 1. The number of carboxylic acids is 1. The lowest BCUT2D eigenvalue weighted by atomic mass is 10.1. The van der Waals surface area contributed by atoms with Crippen molar-refractivity contribution in [3.63, 3.8) is 0 Å². The summed E-state index contributed by atoms with van der Waals surface area (Å²) in [6.07, 6.45) is 1.39. The lowest BCUT2D eigenvalue weighted by Gasteiger charge is -2.15. The predicted octanol–water partition coefficient (Wildman–Crippen LogP) is 1.30. The lowest BCUT2D eigenvalue weighted by molar-refractivity contribution is -0.139. The van der Waals surface area contributed by atoms with Crippen LogP contribution in [-0.2, 0) is 11.3 Å². The summed E-state index contributed by atoms with van der Waals surface area (Å²) in [6.45, 7) is 0.156. The summed E-state index contributed by atoms with van der Waals surface area (Å²) in [5.41, 5.74) is 1.04. The fourth-order valence-electron chi connectivity index (χ4n) is 1.61. The normalized spacial score (nSPS) is 11.6. The number of benzene rings is 1. The molecular formula is C13H13N3O4. The SMILES string of the molecule is O=C(NCc1ccon1)N[C@H](C(=O)O)c1ccccc1. The van der Waals surface area contributed by atoms with Crippen LogP contribution in [0.5, 0.6) is 0 Å². The zero-order valence-electron chi connectivity index (χ0n) is 10.4. The molecule has 1 heterocycles. The van der Waals surface area contributed by atoms with E-state index in [0.29, 0.717) is 11.3 Å². The van der Waals surface area contributed by atoms with Gasteiger partial charge in [-0.05, 0) is 5.56 Å². The molecule has 0 fully saturated rings. The summed E-state index contributed by atoms with van der Waals surface area (Å²) in [5.74, 6) is -1.13. The molecule has 0 aliphatic carbocycles. The standard InChI is InChI=1S/C13H13N3O4/c17-12(18)11(9-4-2-1-3-5-9)15-13(19)14-8-10-6-7-20-16-10/h1-7,11H,8H2,(H,17,18)(H2,14,15,19)/t11-/m0/s1. The lowest BCUT2D eigenvalue weighted by Crippen LogP contribution is -2.40. The number of carbonyl (C=O) groups is 2. The van der Waals surface area contributed by atoms with Crippen LogP contribution >= 0.6 is 0 Å². The second kappa shape index (κ2) is 6.37. The first kappa shape index (κ1) is 13.6. The van der Waals surface area contributed by atoms with Gasteiger partial charge in [-0.1, -0.05) is 35.5 Å². The van der Waals surface area contributed by atoms with Crippen LogP contribution in [0.1, 0.15) is 17.3 Å². The van der Waals surface area contributed by atoms with Gasteiger partial charge in [-0.3, -0.25) is 0 Å². The Balaban J connectivity index is 1.95. The Kier molecular flexibility index (Phi) is 4.33. The molecule has 104 valence electrons. The smallest absolute Gasteiger partial charge is 0.330 e. The number of hydrogen-bond acceptors (Lipinski definition) is 4. The van der Waals surface area contributed by atoms with Gasteiger partial charge in [0, 0.05) is 6.07 Å². The van der Waals surface area contributed by atoms with Crippen LogP contribution in [0, 0.1) is 0 Å². The molecule has 0 spiro atoms. The highest BCUT2D eigenvalue weighted by Crippen LogP contribution is 2.12. The molecule has 0 aliphatic heterocycles. The number of aliphatic carboxylic acids is 1. The molecular weight excluding hydrogens is 262 g/mol. The zero-order valence-corrected chi connectivity index (χ0v) is 10.4. The first-order chi connectivity index (χ1) is 9.66. The summed E-state index contributed by atoms with van der Waals surface area (Å²) in [7, 11) is 0. The molecule has 0 unspecified atom stereocenters. The number of carbonyl (C=O) groups excluding carboxylic acids is 1. The summed E-state index contributed by atoms with van der Waals surface area (Å²) in [5, 5.41) is 17.7. The van der Waals surface area contributed by atoms with Crippen LogP contribution < -0.4 is 10.6 Å². The van der Waals surface area contributed by atoms with Gasteiger partial charge in [0.05, 0.1) is 6.54 Å². The second-order valence-electron chi connectivity index (χ2n) is 4.00. The minimum Gasteiger partial charge on any atom is -0.479 e. The van der Waals surface area contributed by atoms with Crippen molar-refractivity contribution in [2.75, 3.05) is 0 Å². The molecule has 1 atom stereocenters. The van der Waals surface area contributed by atoms with Crippen LogP contribution in [0.4, 0.5) is 4.79 Å². The van der Waals surface area contributed by atoms with Crippen molar-refractivity contribution < 1.29 is 19.2 Å². The highest BCUT2D eigenvalue weighted by Gasteiger charge is 2.21. The summed E-state index contributed by atoms with van der Waals surface area (Å²) in [6, 6.07) is 8.37. The fourth-order valence-corrected chi connectivity index (χ4v) is 1.61. The quantitative estimate of drug-likeness (QED) is 0.763. The van der Waals surface area contributed by atoms with Gasteiger partial charge in [0.15, 0.2) is 6.04 Å². The van der Waals surface area contributed by atoms with Crippen molar-refractivity contribution in [1.82, 2.24) is 15.8 Å². The van der Waals surface area contributed by atoms with Crippen molar-refractivity contribution in [3.05, 3.63) is 53.9 Å². The van der Waals surface area contributed by atoms with E-state index in [0.717, 1.165) is 0 Å². The molecule has 3 N–H and O–H groups in total. The Labute approximate surface area is 114 Å². The molecule has 2 rings (SSSR count). The summed E-state index contributed by atoms with van der Waals surface area (Å²) in [4.78, 5) is 22.9. The van der Waals surface area contributed by atoms with E-state index in [4.69, 9.17) is 5.11 Å². The molecule has 0 aliphatic rings. The molecule has 1 aromatic carbocycles. The van der Waals surface area contributed by atoms with E-state index in [-0.39, 0.29) is 6.54 Å². The molecule has 2 aromatic rings. The number of nitrogens with one attached hydrogen (secondary N) is 2. The van der Waals surface area contributed by atoms with Crippen molar-refractivity contribution in [3.8, 4) is 0 Å². The average Bonchev–Trinajstić information content (AvgIpc) is 2.96. The third kappa shape index (κ3) is 3.58. The van der Waals surface area contributed by atoms with Gasteiger partial charge in [-0.25, -0.2) is 9.59 Å². The van der Waals surface area contributed by atoms with Crippen LogP contribution in [0.25, 0.3) is 0 Å².